The normalized spacial score (nSPS) is 15.1. The molecule has 0 spiro atoms. The van der Waals surface area contributed by atoms with Crippen LogP contribution in [0.1, 0.15) is 18.9 Å². The van der Waals surface area contributed by atoms with Gasteiger partial charge in [0.15, 0.2) is 0 Å². The van der Waals surface area contributed by atoms with E-state index in [4.69, 9.17) is 14.6 Å². The van der Waals surface area contributed by atoms with Crippen molar-refractivity contribution in [2.75, 3.05) is 18.1 Å². The van der Waals surface area contributed by atoms with Crippen molar-refractivity contribution in [3.63, 3.8) is 0 Å². The van der Waals surface area contributed by atoms with Gasteiger partial charge in [0.1, 0.15) is 11.5 Å². The molecule has 0 unspecified atom stereocenters. The van der Waals surface area contributed by atoms with E-state index in [1.165, 1.54) is 0 Å². The largest absolute Gasteiger partial charge is 0.493 e. The van der Waals surface area contributed by atoms with E-state index in [1.807, 2.05) is 6.92 Å². The fraction of sp³-hybridized carbons (Fsp3) is 0.190. The number of para-hydroxylation sites is 2. The first-order valence-corrected chi connectivity index (χ1v) is 9.75. The topological polar surface area (TPSA) is 93.1 Å². The Kier molecular flexibility index (Phi) is 6.56. The summed E-state index contributed by atoms with van der Waals surface area (Å²) in [5, 5.41) is 8.24. The number of carbonyl (C=O) groups excluding carboxylic acids is 2. The minimum atomic E-state index is -0.928. The highest BCUT2D eigenvalue weighted by molar-refractivity contribution is 8.19. The molecule has 8 heteroatoms. The maximum atomic E-state index is 12.8. The van der Waals surface area contributed by atoms with E-state index in [-0.39, 0.29) is 18.3 Å². The van der Waals surface area contributed by atoms with Crippen molar-refractivity contribution in [1.82, 2.24) is 0 Å². The van der Waals surface area contributed by atoms with Gasteiger partial charge in [0.25, 0.3) is 11.1 Å². The van der Waals surface area contributed by atoms with Crippen LogP contribution in [0.4, 0.5) is 10.5 Å². The number of benzene rings is 2. The molecule has 0 radical (unpaired) electrons. The molecular formula is C21H19NO6S. The fourth-order valence-electron chi connectivity index (χ4n) is 2.66. The van der Waals surface area contributed by atoms with Crippen molar-refractivity contribution in [3.05, 3.63) is 59.0 Å². The lowest BCUT2D eigenvalue weighted by Gasteiger charge is -2.16. The van der Waals surface area contributed by atoms with Crippen LogP contribution in [0.5, 0.6) is 11.5 Å². The third-order valence-electron chi connectivity index (χ3n) is 3.96. The lowest BCUT2D eigenvalue weighted by Crippen LogP contribution is -2.28. The number of aliphatic carboxylic acids is 1. The molecule has 1 saturated heterocycles. The lowest BCUT2D eigenvalue weighted by molar-refractivity contribution is -0.137. The third-order valence-corrected chi connectivity index (χ3v) is 4.83. The number of carbonyl (C=O) groups is 3. The summed E-state index contributed by atoms with van der Waals surface area (Å²) in [6.45, 7) is 2.33. The third kappa shape index (κ3) is 4.97. The molecule has 2 aromatic carbocycles. The van der Waals surface area contributed by atoms with Gasteiger partial charge in [0.2, 0.25) is 0 Å². The number of carboxylic acid groups (broad SMARTS) is 1. The number of imide groups is 1. The molecule has 7 nitrogen and oxygen atoms in total. The van der Waals surface area contributed by atoms with E-state index in [9.17, 15) is 14.4 Å². The zero-order valence-corrected chi connectivity index (χ0v) is 16.5. The molecule has 0 bridgehead atoms. The molecule has 2 aromatic rings. The number of amides is 2. The van der Waals surface area contributed by atoms with Crippen molar-refractivity contribution in [1.29, 1.82) is 0 Å². The monoisotopic (exact) mass is 413 g/mol. The number of hydrogen-bond donors (Lipinski definition) is 1. The van der Waals surface area contributed by atoms with Crippen molar-refractivity contribution < 1.29 is 29.0 Å². The molecule has 0 aliphatic carbocycles. The van der Waals surface area contributed by atoms with Crippen molar-refractivity contribution in [2.45, 2.75) is 13.3 Å². The Bertz CT molecular complexity index is 954. The van der Waals surface area contributed by atoms with Gasteiger partial charge in [-0.3, -0.25) is 14.4 Å². The second-order valence-electron chi connectivity index (χ2n) is 5.98. The van der Waals surface area contributed by atoms with E-state index in [0.717, 1.165) is 22.2 Å². The van der Waals surface area contributed by atoms with E-state index in [1.54, 1.807) is 54.6 Å². The zero-order valence-electron chi connectivity index (χ0n) is 15.7. The van der Waals surface area contributed by atoms with E-state index in [2.05, 4.69) is 0 Å². The summed E-state index contributed by atoms with van der Waals surface area (Å²) < 4.78 is 10.9. The Balaban J connectivity index is 1.76. The molecule has 1 N–H and O–H groups in total. The average Bonchev–Trinajstić information content (AvgIpc) is 2.97. The van der Waals surface area contributed by atoms with Gasteiger partial charge in [-0.1, -0.05) is 24.3 Å². The van der Waals surface area contributed by atoms with Crippen LogP contribution >= 0.6 is 11.8 Å². The molecule has 1 aliphatic heterocycles. The predicted molar refractivity (Wildman–Crippen MR) is 110 cm³/mol. The number of anilines is 1. The number of nitrogens with zero attached hydrogens (tertiary/aromatic N) is 1. The quantitative estimate of drug-likeness (QED) is 0.649. The smallest absolute Gasteiger partial charge is 0.306 e. The Hall–Kier alpha value is -3.26. The first kappa shape index (κ1) is 20.5. The first-order chi connectivity index (χ1) is 14.0. The van der Waals surface area contributed by atoms with Crippen LogP contribution in [0.15, 0.2) is 53.4 Å². The van der Waals surface area contributed by atoms with E-state index < -0.39 is 11.9 Å². The molecule has 29 heavy (non-hydrogen) atoms. The molecule has 2 amide bonds. The summed E-state index contributed by atoms with van der Waals surface area (Å²) in [5.74, 6) is -0.333. The maximum absolute atomic E-state index is 12.8. The minimum absolute atomic E-state index is 0.0762. The van der Waals surface area contributed by atoms with Crippen molar-refractivity contribution in [2.24, 2.45) is 0 Å². The number of hydrogen-bond acceptors (Lipinski definition) is 6. The van der Waals surface area contributed by atoms with Crippen LogP contribution in [-0.2, 0) is 9.59 Å². The van der Waals surface area contributed by atoms with Crippen molar-refractivity contribution in [3.8, 4) is 11.5 Å². The highest BCUT2D eigenvalue weighted by Gasteiger charge is 2.37. The Morgan fingerprint density at radius 3 is 2.52 bits per heavy atom. The maximum Gasteiger partial charge on any atom is 0.306 e. The molecule has 150 valence electrons. The van der Waals surface area contributed by atoms with Gasteiger partial charge in [0.05, 0.1) is 30.2 Å². The summed E-state index contributed by atoms with van der Waals surface area (Å²) >= 11 is 0.866. The summed E-state index contributed by atoms with van der Waals surface area (Å²) in [5.41, 5.74) is 1.14. The van der Waals surface area contributed by atoms with Gasteiger partial charge in [-0.05, 0) is 54.6 Å². The molecule has 0 atom stereocenters. The van der Waals surface area contributed by atoms with Crippen molar-refractivity contribution >= 4 is 40.6 Å². The predicted octanol–water partition coefficient (Wildman–Crippen LogP) is 4.18. The van der Waals surface area contributed by atoms with Gasteiger partial charge in [0, 0.05) is 0 Å². The molecule has 1 heterocycles. The second kappa shape index (κ2) is 9.29. The molecular weight excluding hydrogens is 394 g/mol. The number of carboxylic acids is 1. The standard InChI is InChI=1S/C21H19NO6S/c1-2-27-17-6-4-3-5-16(17)22-20(25)18(29-21(22)26)13-14-7-9-15(10-8-14)28-12-11-19(23)24/h3-10,13H,2,11-12H2,1H3,(H,23,24)/b18-13+. The fourth-order valence-corrected chi connectivity index (χ4v) is 3.50. The van der Waals surface area contributed by atoms with Crippen LogP contribution in [0.25, 0.3) is 6.08 Å². The van der Waals surface area contributed by atoms with Gasteiger partial charge >= 0.3 is 5.97 Å². The number of rotatable bonds is 8. The first-order valence-electron chi connectivity index (χ1n) is 8.94. The van der Waals surface area contributed by atoms with Crippen LogP contribution < -0.4 is 14.4 Å². The highest BCUT2D eigenvalue weighted by atomic mass is 32.2. The summed E-state index contributed by atoms with van der Waals surface area (Å²) in [6.07, 6.45) is 1.55. The summed E-state index contributed by atoms with van der Waals surface area (Å²) in [4.78, 5) is 37.2. The Labute approximate surface area is 171 Å². The summed E-state index contributed by atoms with van der Waals surface area (Å²) in [7, 11) is 0. The van der Waals surface area contributed by atoms with Crippen LogP contribution in [0.2, 0.25) is 0 Å². The van der Waals surface area contributed by atoms with Gasteiger partial charge < -0.3 is 14.6 Å². The van der Waals surface area contributed by atoms with Gasteiger partial charge in [-0.25, -0.2) is 4.90 Å². The Morgan fingerprint density at radius 2 is 1.83 bits per heavy atom. The van der Waals surface area contributed by atoms with E-state index in [0.29, 0.717) is 28.7 Å². The van der Waals surface area contributed by atoms with Crippen LogP contribution in [-0.4, -0.2) is 35.4 Å². The molecule has 3 rings (SSSR count). The molecule has 0 aromatic heterocycles. The number of thioether (sulfide) groups is 1. The molecule has 0 saturated carbocycles. The van der Waals surface area contributed by atoms with E-state index >= 15 is 0 Å². The van der Waals surface area contributed by atoms with Crippen LogP contribution in [0.3, 0.4) is 0 Å². The summed E-state index contributed by atoms with van der Waals surface area (Å²) in [6, 6.07) is 13.8. The SMILES string of the molecule is CCOc1ccccc1N1C(=O)S/C(=C/c2ccc(OCCC(=O)O)cc2)C1=O. The minimum Gasteiger partial charge on any atom is -0.493 e. The Morgan fingerprint density at radius 1 is 1.10 bits per heavy atom. The average molecular weight is 413 g/mol. The number of ether oxygens (including phenoxy) is 2. The second-order valence-corrected chi connectivity index (χ2v) is 6.97. The van der Waals surface area contributed by atoms with Crippen LogP contribution in [0, 0.1) is 0 Å². The molecule has 1 aliphatic rings. The highest BCUT2D eigenvalue weighted by Crippen LogP contribution is 2.39. The zero-order chi connectivity index (χ0) is 20.8. The van der Waals surface area contributed by atoms with Gasteiger partial charge in [-0.15, -0.1) is 0 Å². The lowest BCUT2D eigenvalue weighted by atomic mass is 10.2. The molecule has 1 fully saturated rings. The van der Waals surface area contributed by atoms with Gasteiger partial charge in [-0.2, -0.15) is 0 Å².